The van der Waals surface area contributed by atoms with Gasteiger partial charge in [0.1, 0.15) is 5.82 Å². The van der Waals surface area contributed by atoms with Gasteiger partial charge in [0.05, 0.1) is 16.5 Å². The van der Waals surface area contributed by atoms with Crippen LogP contribution in [-0.2, 0) is 10.0 Å². The van der Waals surface area contributed by atoms with E-state index in [1.165, 1.54) is 25.0 Å². The maximum absolute atomic E-state index is 13.1. The lowest BCUT2D eigenvalue weighted by molar-refractivity contribution is 0.590. The molecule has 0 unspecified atom stereocenters. The van der Waals surface area contributed by atoms with Crippen molar-refractivity contribution in [3.8, 4) is 0 Å². The van der Waals surface area contributed by atoms with E-state index in [-0.39, 0.29) is 16.5 Å². The van der Waals surface area contributed by atoms with Crippen molar-refractivity contribution in [1.29, 1.82) is 0 Å². The molecule has 0 aromatic heterocycles. The van der Waals surface area contributed by atoms with Gasteiger partial charge in [0, 0.05) is 6.04 Å². The molecule has 20 heavy (non-hydrogen) atoms. The number of unbranched alkanes of at least 4 members (excludes halogenated alkanes) is 1. The van der Waals surface area contributed by atoms with E-state index in [1.54, 1.807) is 0 Å². The molecule has 0 radical (unpaired) electrons. The number of halogens is 2. The molecule has 0 bridgehead atoms. The molecule has 0 aliphatic heterocycles. The smallest absolute Gasteiger partial charge is 0.232 e. The van der Waals surface area contributed by atoms with E-state index in [0.717, 1.165) is 19.0 Å². The van der Waals surface area contributed by atoms with E-state index in [2.05, 4.69) is 10.0 Å². The van der Waals surface area contributed by atoms with Gasteiger partial charge in [0.25, 0.3) is 0 Å². The Morgan fingerprint density at radius 3 is 2.75 bits per heavy atom. The Balaban J connectivity index is 1.78. The zero-order valence-corrected chi connectivity index (χ0v) is 12.6. The van der Waals surface area contributed by atoms with E-state index < -0.39 is 15.8 Å². The first-order chi connectivity index (χ1) is 9.46. The number of anilines is 1. The SMILES string of the molecule is O=S(=O)(CCCCNC1CC1)Nc1cc(F)ccc1Cl. The van der Waals surface area contributed by atoms with Gasteiger partial charge in [0.15, 0.2) is 0 Å². The summed E-state index contributed by atoms with van der Waals surface area (Å²) in [4.78, 5) is 0. The first-order valence-corrected chi connectivity index (χ1v) is 8.68. The van der Waals surface area contributed by atoms with Gasteiger partial charge in [-0.2, -0.15) is 0 Å². The molecule has 0 heterocycles. The van der Waals surface area contributed by atoms with Gasteiger partial charge >= 0.3 is 0 Å². The minimum atomic E-state index is -3.49. The Bertz CT molecular complexity index is 561. The van der Waals surface area contributed by atoms with Gasteiger partial charge in [-0.15, -0.1) is 0 Å². The van der Waals surface area contributed by atoms with Crippen LogP contribution in [0.3, 0.4) is 0 Å². The minimum Gasteiger partial charge on any atom is -0.314 e. The molecule has 0 spiro atoms. The number of rotatable bonds is 8. The zero-order chi connectivity index (χ0) is 14.6. The summed E-state index contributed by atoms with van der Waals surface area (Å²) in [6, 6.07) is 4.22. The third-order valence-corrected chi connectivity index (χ3v) is 4.73. The lowest BCUT2D eigenvalue weighted by Crippen LogP contribution is -2.20. The fourth-order valence-corrected chi connectivity index (χ4v) is 3.22. The summed E-state index contributed by atoms with van der Waals surface area (Å²) in [6.07, 6.45) is 3.80. The van der Waals surface area contributed by atoms with Gasteiger partial charge in [0.2, 0.25) is 10.0 Å². The first-order valence-electron chi connectivity index (χ1n) is 6.65. The van der Waals surface area contributed by atoms with E-state index in [4.69, 9.17) is 11.6 Å². The summed E-state index contributed by atoms with van der Waals surface area (Å²) in [5, 5.41) is 3.51. The molecule has 0 amide bonds. The van der Waals surface area contributed by atoms with Crippen molar-refractivity contribution in [1.82, 2.24) is 5.32 Å². The van der Waals surface area contributed by atoms with Crippen LogP contribution >= 0.6 is 11.6 Å². The molecule has 1 saturated carbocycles. The number of nitrogens with one attached hydrogen (secondary N) is 2. The molecule has 2 rings (SSSR count). The van der Waals surface area contributed by atoms with Gasteiger partial charge in [-0.3, -0.25) is 4.72 Å². The Morgan fingerprint density at radius 2 is 2.05 bits per heavy atom. The molecule has 1 fully saturated rings. The average molecular weight is 321 g/mol. The highest BCUT2D eigenvalue weighted by molar-refractivity contribution is 7.92. The van der Waals surface area contributed by atoms with Crippen LogP contribution in [0.25, 0.3) is 0 Å². The monoisotopic (exact) mass is 320 g/mol. The molecular weight excluding hydrogens is 303 g/mol. The standard InChI is InChI=1S/C13H18ClFN2O2S/c14-12-6-3-10(15)9-13(12)17-20(18,19)8-2-1-7-16-11-4-5-11/h3,6,9,11,16-17H,1-2,4-5,7-8H2. The van der Waals surface area contributed by atoms with Crippen molar-refractivity contribution in [3.63, 3.8) is 0 Å². The van der Waals surface area contributed by atoms with Crippen molar-refractivity contribution < 1.29 is 12.8 Å². The van der Waals surface area contributed by atoms with Crippen LogP contribution in [0.15, 0.2) is 18.2 Å². The summed E-state index contributed by atoms with van der Waals surface area (Å²) in [7, 11) is -3.49. The molecule has 7 heteroatoms. The van der Waals surface area contributed by atoms with E-state index in [1.807, 2.05) is 0 Å². The minimum absolute atomic E-state index is 0.00614. The summed E-state index contributed by atoms with van der Waals surface area (Å²) in [6.45, 7) is 0.834. The Kier molecular flexibility index (Phi) is 5.23. The largest absolute Gasteiger partial charge is 0.314 e. The van der Waals surface area contributed by atoms with Crippen LogP contribution in [-0.4, -0.2) is 26.8 Å². The predicted octanol–water partition coefficient (Wildman–Crippen LogP) is 2.75. The van der Waals surface area contributed by atoms with Crippen LogP contribution < -0.4 is 10.0 Å². The summed E-state index contributed by atoms with van der Waals surface area (Å²) < 4.78 is 39.1. The molecule has 1 aromatic rings. The van der Waals surface area contributed by atoms with Gasteiger partial charge < -0.3 is 5.32 Å². The van der Waals surface area contributed by atoms with Crippen molar-refractivity contribution in [2.75, 3.05) is 17.0 Å². The van der Waals surface area contributed by atoms with E-state index in [0.29, 0.717) is 12.5 Å². The lowest BCUT2D eigenvalue weighted by atomic mass is 10.3. The fraction of sp³-hybridized carbons (Fsp3) is 0.538. The maximum Gasteiger partial charge on any atom is 0.232 e. The van der Waals surface area contributed by atoms with Crippen LogP contribution in [0.4, 0.5) is 10.1 Å². The highest BCUT2D eigenvalue weighted by atomic mass is 35.5. The second-order valence-electron chi connectivity index (χ2n) is 4.98. The van der Waals surface area contributed by atoms with Crippen molar-refractivity contribution >= 4 is 27.3 Å². The zero-order valence-electron chi connectivity index (χ0n) is 11.0. The molecule has 1 aliphatic carbocycles. The van der Waals surface area contributed by atoms with Crippen LogP contribution in [0, 0.1) is 5.82 Å². The Hall–Kier alpha value is -0.850. The predicted molar refractivity (Wildman–Crippen MR) is 79.1 cm³/mol. The normalized spacial score (nSPS) is 15.3. The number of sulfonamides is 1. The lowest BCUT2D eigenvalue weighted by Gasteiger charge is -2.09. The van der Waals surface area contributed by atoms with Crippen molar-refractivity contribution in [2.45, 2.75) is 31.7 Å². The molecule has 4 nitrogen and oxygen atoms in total. The fourth-order valence-electron chi connectivity index (χ4n) is 1.80. The van der Waals surface area contributed by atoms with Crippen molar-refractivity contribution in [3.05, 3.63) is 29.0 Å². The topological polar surface area (TPSA) is 58.2 Å². The van der Waals surface area contributed by atoms with Gasteiger partial charge in [-0.05, 0) is 50.4 Å². The van der Waals surface area contributed by atoms with Crippen LogP contribution in [0.2, 0.25) is 5.02 Å². The van der Waals surface area contributed by atoms with Crippen LogP contribution in [0.5, 0.6) is 0 Å². The first kappa shape index (κ1) is 15.5. The van der Waals surface area contributed by atoms with Crippen LogP contribution in [0.1, 0.15) is 25.7 Å². The maximum atomic E-state index is 13.1. The molecule has 112 valence electrons. The molecule has 2 N–H and O–H groups in total. The second-order valence-corrected chi connectivity index (χ2v) is 7.23. The van der Waals surface area contributed by atoms with E-state index in [9.17, 15) is 12.8 Å². The molecule has 0 atom stereocenters. The quantitative estimate of drug-likeness (QED) is 0.724. The number of hydrogen-bond acceptors (Lipinski definition) is 3. The summed E-state index contributed by atoms with van der Waals surface area (Å²) >= 11 is 5.82. The Morgan fingerprint density at radius 1 is 1.30 bits per heavy atom. The second kappa shape index (κ2) is 6.74. The summed E-state index contributed by atoms with van der Waals surface area (Å²) in [5.41, 5.74) is 0.0859. The summed E-state index contributed by atoms with van der Waals surface area (Å²) in [5.74, 6) is -0.521. The number of hydrogen-bond donors (Lipinski definition) is 2. The molecule has 0 saturated heterocycles. The molecule has 1 aromatic carbocycles. The highest BCUT2D eigenvalue weighted by Gasteiger charge is 2.19. The van der Waals surface area contributed by atoms with Crippen molar-refractivity contribution in [2.24, 2.45) is 0 Å². The molecular formula is C13H18ClFN2O2S. The third kappa shape index (κ3) is 5.26. The third-order valence-electron chi connectivity index (χ3n) is 3.04. The van der Waals surface area contributed by atoms with Gasteiger partial charge in [-0.1, -0.05) is 11.6 Å². The Labute approximate surface area is 123 Å². The van der Waals surface area contributed by atoms with Gasteiger partial charge in [-0.25, -0.2) is 12.8 Å². The highest BCUT2D eigenvalue weighted by Crippen LogP contribution is 2.23. The van der Waals surface area contributed by atoms with E-state index >= 15 is 0 Å². The molecule has 1 aliphatic rings. The average Bonchev–Trinajstić information content (AvgIpc) is 3.17. The number of benzene rings is 1.